The van der Waals surface area contributed by atoms with Gasteiger partial charge in [-0.3, -0.25) is 0 Å². The van der Waals surface area contributed by atoms with Crippen molar-refractivity contribution in [1.82, 2.24) is 4.90 Å². The van der Waals surface area contributed by atoms with E-state index in [1.807, 2.05) is 36.4 Å². The van der Waals surface area contributed by atoms with Crippen LogP contribution in [0, 0.1) is 45.3 Å². The number of benzene rings is 1. The molecule has 25 heavy (non-hydrogen) atoms. The van der Waals surface area contributed by atoms with E-state index in [-0.39, 0.29) is 5.92 Å². The Morgan fingerprint density at radius 2 is 1.92 bits per heavy atom. The van der Waals surface area contributed by atoms with Crippen molar-refractivity contribution < 1.29 is 0 Å². The Hall–Kier alpha value is -2.78. The number of halogens is 1. The molecule has 0 saturated heterocycles. The van der Waals surface area contributed by atoms with E-state index in [2.05, 4.69) is 18.2 Å². The lowest BCUT2D eigenvalue weighted by Crippen LogP contribution is -2.53. The van der Waals surface area contributed by atoms with Gasteiger partial charge in [0.1, 0.15) is 0 Å². The molecule has 2 aliphatic rings. The van der Waals surface area contributed by atoms with Gasteiger partial charge in [-0.15, -0.1) is 0 Å². The fraction of sp³-hybridized carbons (Fsp3) is 0.316. The summed E-state index contributed by atoms with van der Waals surface area (Å²) in [5.74, 6) is -0.741. The van der Waals surface area contributed by atoms with Crippen LogP contribution >= 0.6 is 11.6 Å². The van der Waals surface area contributed by atoms with Crippen LogP contribution in [0.3, 0.4) is 0 Å². The summed E-state index contributed by atoms with van der Waals surface area (Å²) in [7, 11) is 1.91. The van der Waals surface area contributed by atoms with Crippen molar-refractivity contribution in [2.75, 3.05) is 13.6 Å². The summed E-state index contributed by atoms with van der Waals surface area (Å²) in [6.07, 6.45) is 3.74. The molecule has 0 spiro atoms. The van der Waals surface area contributed by atoms with Gasteiger partial charge in [-0.1, -0.05) is 29.8 Å². The molecular formula is C19H16ClN5. The molecule has 0 radical (unpaired) electrons. The zero-order valence-electron chi connectivity index (χ0n) is 13.6. The normalized spacial score (nSPS) is 27.0. The molecule has 0 unspecified atom stereocenters. The van der Waals surface area contributed by atoms with Crippen molar-refractivity contribution >= 4 is 11.6 Å². The maximum absolute atomic E-state index is 9.94. The number of rotatable bonds is 1. The van der Waals surface area contributed by atoms with Gasteiger partial charge in [0, 0.05) is 30.5 Å². The predicted octanol–water partition coefficient (Wildman–Crippen LogP) is 2.69. The third kappa shape index (κ3) is 2.39. The van der Waals surface area contributed by atoms with E-state index >= 15 is 0 Å². The number of nitriles is 3. The molecule has 0 fully saturated rings. The molecule has 0 saturated carbocycles. The number of allylic oxidation sites excluding steroid dienone is 1. The molecule has 5 nitrogen and oxygen atoms in total. The molecule has 3 atom stereocenters. The molecule has 1 heterocycles. The van der Waals surface area contributed by atoms with Crippen molar-refractivity contribution in [3.05, 3.63) is 58.3 Å². The molecule has 0 bridgehead atoms. The molecule has 0 aromatic heterocycles. The summed E-state index contributed by atoms with van der Waals surface area (Å²) in [6, 6.07) is 12.6. The Morgan fingerprint density at radius 3 is 2.52 bits per heavy atom. The molecule has 1 aliphatic carbocycles. The van der Waals surface area contributed by atoms with Crippen LogP contribution in [0.25, 0.3) is 0 Å². The molecule has 0 amide bonds. The summed E-state index contributed by atoms with van der Waals surface area (Å²) < 4.78 is 0. The highest BCUT2D eigenvalue weighted by atomic mass is 35.5. The lowest BCUT2D eigenvalue weighted by molar-refractivity contribution is 0.230. The van der Waals surface area contributed by atoms with E-state index in [9.17, 15) is 15.8 Å². The molecule has 124 valence electrons. The van der Waals surface area contributed by atoms with Gasteiger partial charge in [-0.25, -0.2) is 0 Å². The monoisotopic (exact) mass is 349 g/mol. The van der Waals surface area contributed by atoms with Crippen molar-refractivity contribution in [3.8, 4) is 18.2 Å². The summed E-state index contributed by atoms with van der Waals surface area (Å²) >= 11 is 6.41. The van der Waals surface area contributed by atoms with E-state index in [1.165, 1.54) is 0 Å². The number of nitrogens with zero attached hydrogens (tertiary/aromatic N) is 4. The molecular weight excluding hydrogens is 334 g/mol. The Kier molecular flexibility index (Phi) is 4.27. The van der Waals surface area contributed by atoms with Gasteiger partial charge in [0.2, 0.25) is 0 Å². The van der Waals surface area contributed by atoms with Gasteiger partial charge >= 0.3 is 0 Å². The van der Waals surface area contributed by atoms with Crippen molar-refractivity contribution in [1.29, 1.82) is 15.8 Å². The Labute approximate surface area is 151 Å². The van der Waals surface area contributed by atoms with Crippen molar-refractivity contribution in [3.63, 3.8) is 0 Å². The average Bonchev–Trinajstić information content (AvgIpc) is 2.62. The minimum absolute atomic E-state index is 0.219. The largest absolute Gasteiger partial charge is 0.380 e. The highest BCUT2D eigenvalue weighted by Gasteiger charge is 2.56. The van der Waals surface area contributed by atoms with Crippen LogP contribution in [0.5, 0.6) is 0 Å². The minimum atomic E-state index is -1.56. The quantitative estimate of drug-likeness (QED) is 0.840. The van der Waals surface area contributed by atoms with Crippen molar-refractivity contribution in [2.24, 2.45) is 17.1 Å². The fourth-order valence-electron chi connectivity index (χ4n) is 3.92. The summed E-state index contributed by atoms with van der Waals surface area (Å²) in [6.45, 7) is 0.574. The predicted molar refractivity (Wildman–Crippen MR) is 93.7 cm³/mol. The maximum atomic E-state index is 9.94. The first kappa shape index (κ1) is 17.1. The van der Waals surface area contributed by atoms with Gasteiger partial charge in [0.25, 0.3) is 0 Å². The third-order valence-electron chi connectivity index (χ3n) is 5.13. The lowest BCUT2D eigenvalue weighted by atomic mass is 9.56. The highest BCUT2D eigenvalue weighted by molar-refractivity contribution is 6.31. The van der Waals surface area contributed by atoms with E-state index < -0.39 is 17.4 Å². The first-order chi connectivity index (χ1) is 12.0. The first-order valence-electron chi connectivity index (χ1n) is 7.85. The number of hydrogen-bond acceptors (Lipinski definition) is 5. The van der Waals surface area contributed by atoms with Gasteiger partial charge in [0.05, 0.1) is 29.8 Å². The maximum Gasteiger partial charge on any atom is 0.171 e. The number of hydrogen-bond donors (Lipinski definition) is 1. The lowest BCUT2D eigenvalue weighted by Gasteiger charge is -2.46. The third-order valence-corrected chi connectivity index (χ3v) is 5.47. The molecule has 2 N–H and O–H groups in total. The Morgan fingerprint density at radius 1 is 1.24 bits per heavy atom. The number of nitrogens with two attached hydrogens (primary N) is 1. The minimum Gasteiger partial charge on any atom is -0.380 e. The molecule has 1 aliphatic heterocycles. The zero-order chi connectivity index (χ0) is 18.2. The van der Waals surface area contributed by atoms with E-state index in [0.717, 1.165) is 5.57 Å². The summed E-state index contributed by atoms with van der Waals surface area (Å²) in [5, 5.41) is 30.0. The summed E-state index contributed by atoms with van der Waals surface area (Å²) in [4.78, 5) is 1.98. The SMILES string of the molecule is CN1C=CC2=C(C#N)[C@H](N)C(C#N)(C#N)[C@@H](c3ccccc3Cl)[C@@H]2C1. The van der Waals surface area contributed by atoms with E-state index in [0.29, 0.717) is 22.7 Å². The second-order valence-corrected chi connectivity index (χ2v) is 6.82. The fourth-order valence-corrected chi connectivity index (χ4v) is 4.17. The second-order valence-electron chi connectivity index (χ2n) is 6.41. The van der Waals surface area contributed by atoms with Gasteiger partial charge in [0.15, 0.2) is 5.41 Å². The topological polar surface area (TPSA) is 101 Å². The van der Waals surface area contributed by atoms with E-state index in [1.54, 1.807) is 12.1 Å². The van der Waals surface area contributed by atoms with Gasteiger partial charge in [-0.05, 0) is 29.5 Å². The first-order valence-corrected chi connectivity index (χ1v) is 8.23. The second kappa shape index (κ2) is 6.26. The molecule has 1 aromatic carbocycles. The van der Waals surface area contributed by atoms with Crippen LogP contribution in [-0.2, 0) is 0 Å². The molecule has 3 rings (SSSR count). The number of fused-ring (bicyclic) bond motifs is 1. The smallest absolute Gasteiger partial charge is 0.171 e. The van der Waals surface area contributed by atoms with Gasteiger partial charge in [-0.2, -0.15) is 15.8 Å². The van der Waals surface area contributed by atoms with Crippen LogP contribution in [0.4, 0.5) is 0 Å². The van der Waals surface area contributed by atoms with Crippen molar-refractivity contribution in [2.45, 2.75) is 12.0 Å². The average molecular weight is 350 g/mol. The van der Waals surface area contributed by atoms with Crippen LogP contribution in [-0.4, -0.2) is 24.5 Å². The molecule has 6 heteroatoms. The van der Waals surface area contributed by atoms with Crippen LogP contribution in [0.15, 0.2) is 47.7 Å². The van der Waals surface area contributed by atoms with Crippen LogP contribution in [0.2, 0.25) is 5.02 Å². The van der Waals surface area contributed by atoms with Crippen LogP contribution < -0.4 is 5.73 Å². The van der Waals surface area contributed by atoms with Gasteiger partial charge < -0.3 is 10.6 Å². The highest BCUT2D eigenvalue weighted by Crippen LogP contribution is 2.53. The Balaban J connectivity index is 2.35. The van der Waals surface area contributed by atoms with Crippen LogP contribution in [0.1, 0.15) is 11.5 Å². The standard InChI is InChI=1S/C19H16ClN5/c1-25-7-6-12-14(8-21)18(24)19(10-22,11-23)17(15(12)9-25)13-4-2-3-5-16(13)20/h2-7,15,17-18H,9,24H2,1H3/t15-,17+,18+/m1/s1. The zero-order valence-corrected chi connectivity index (χ0v) is 14.4. The Bertz CT molecular complexity index is 882. The summed E-state index contributed by atoms with van der Waals surface area (Å²) in [5.41, 5.74) is 6.54. The molecule has 1 aromatic rings. The van der Waals surface area contributed by atoms with E-state index in [4.69, 9.17) is 17.3 Å².